The van der Waals surface area contributed by atoms with Gasteiger partial charge in [0, 0.05) is 6.20 Å². The molecule has 0 fully saturated rings. The number of halogens is 3. The standard InChI is InChI=1S/C8H5ClF2N2O4/c1-17-6-3(7(9)14)2-12-4(8(10)11)5(6)13(15)16/h2,8H,1H3. The van der Waals surface area contributed by atoms with Gasteiger partial charge in [-0.15, -0.1) is 0 Å². The Morgan fingerprint density at radius 3 is 2.59 bits per heavy atom. The summed E-state index contributed by atoms with van der Waals surface area (Å²) in [6.07, 6.45) is -2.45. The number of nitro groups is 1. The lowest BCUT2D eigenvalue weighted by atomic mass is 10.2. The average molecular weight is 267 g/mol. The average Bonchev–Trinajstić information content (AvgIpc) is 2.26. The molecule has 6 nitrogen and oxygen atoms in total. The van der Waals surface area contributed by atoms with Gasteiger partial charge >= 0.3 is 5.69 Å². The second-order valence-electron chi connectivity index (χ2n) is 2.77. The van der Waals surface area contributed by atoms with Crippen LogP contribution >= 0.6 is 11.6 Å². The van der Waals surface area contributed by atoms with Crippen molar-refractivity contribution in [2.24, 2.45) is 0 Å². The third-order valence-corrected chi connectivity index (χ3v) is 2.04. The number of carbonyl (C=O) groups is 1. The second-order valence-corrected chi connectivity index (χ2v) is 3.11. The van der Waals surface area contributed by atoms with E-state index >= 15 is 0 Å². The van der Waals surface area contributed by atoms with Crippen molar-refractivity contribution >= 4 is 22.5 Å². The van der Waals surface area contributed by atoms with E-state index < -0.39 is 39.3 Å². The van der Waals surface area contributed by atoms with Crippen LogP contribution < -0.4 is 4.74 Å². The predicted molar refractivity (Wildman–Crippen MR) is 52.6 cm³/mol. The molecule has 1 rings (SSSR count). The van der Waals surface area contributed by atoms with E-state index in [9.17, 15) is 23.7 Å². The number of aromatic nitrogens is 1. The molecule has 0 saturated carbocycles. The van der Waals surface area contributed by atoms with Gasteiger partial charge < -0.3 is 4.74 Å². The Morgan fingerprint density at radius 2 is 2.24 bits per heavy atom. The van der Waals surface area contributed by atoms with E-state index in [2.05, 4.69) is 9.72 Å². The highest BCUT2D eigenvalue weighted by Gasteiger charge is 2.32. The van der Waals surface area contributed by atoms with E-state index in [1.807, 2.05) is 0 Å². The van der Waals surface area contributed by atoms with Crippen molar-refractivity contribution in [1.29, 1.82) is 0 Å². The van der Waals surface area contributed by atoms with Gasteiger partial charge in [0.1, 0.15) is 5.56 Å². The Hall–Kier alpha value is -1.83. The number of rotatable bonds is 4. The molecule has 1 aromatic heterocycles. The Kier molecular flexibility index (Phi) is 3.89. The molecule has 0 aliphatic carbocycles. The summed E-state index contributed by atoms with van der Waals surface area (Å²) in [5.74, 6) is -0.625. The van der Waals surface area contributed by atoms with Gasteiger partial charge in [-0.05, 0) is 11.6 Å². The molecule has 1 aromatic rings. The molecule has 9 heteroatoms. The highest BCUT2D eigenvalue weighted by Crippen LogP contribution is 2.37. The van der Waals surface area contributed by atoms with Crippen LogP contribution in [-0.4, -0.2) is 22.3 Å². The molecule has 0 atom stereocenters. The Labute approximate surface area is 98.3 Å². The largest absolute Gasteiger partial charge is 0.490 e. The highest BCUT2D eigenvalue weighted by molar-refractivity contribution is 6.68. The number of hydrogen-bond donors (Lipinski definition) is 0. The van der Waals surface area contributed by atoms with Crippen LogP contribution in [0.2, 0.25) is 0 Å². The summed E-state index contributed by atoms with van der Waals surface area (Å²) < 4.78 is 29.6. The second kappa shape index (κ2) is 5.00. The monoisotopic (exact) mass is 266 g/mol. The summed E-state index contributed by atoms with van der Waals surface area (Å²) in [5.41, 5.74) is -2.58. The van der Waals surface area contributed by atoms with Crippen molar-refractivity contribution in [3.05, 3.63) is 27.6 Å². The van der Waals surface area contributed by atoms with Crippen LogP contribution in [0.15, 0.2) is 6.20 Å². The summed E-state index contributed by atoms with van der Waals surface area (Å²) in [4.78, 5) is 23.6. The minimum absolute atomic E-state index is 0.440. The number of nitrogens with zero attached hydrogens (tertiary/aromatic N) is 2. The number of alkyl halides is 2. The quantitative estimate of drug-likeness (QED) is 0.474. The maximum Gasteiger partial charge on any atom is 0.338 e. The van der Waals surface area contributed by atoms with E-state index in [0.29, 0.717) is 6.20 Å². The number of methoxy groups -OCH3 is 1. The van der Waals surface area contributed by atoms with Gasteiger partial charge in [0.15, 0.2) is 5.69 Å². The smallest absolute Gasteiger partial charge is 0.338 e. The van der Waals surface area contributed by atoms with Crippen LogP contribution in [0, 0.1) is 10.1 Å². The van der Waals surface area contributed by atoms with Crippen LogP contribution in [0.3, 0.4) is 0 Å². The number of ether oxygens (including phenoxy) is 1. The number of hydrogen-bond acceptors (Lipinski definition) is 5. The molecule has 0 amide bonds. The molecule has 0 N–H and O–H groups in total. The molecule has 0 unspecified atom stereocenters. The molecule has 0 aliphatic rings. The summed E-state index contributed by atoms with van der Waals surface area (Å²) >= 11 is 5.13. The fraction of sp³-hybridized carbons (Fsp3) is 0.250. The summed E-state index contributed by atoms with van der Waals surface area (Å²) in [6, 6.07) is 0. The zero-order chi connectivity index (χ0) is 13.2. The van der Waals surface area contributed by atoms with Gasteiger partial charge in [0.25, 0.3) is 11.7 Å². The third kappa shape index (κ3) is 2.47. The van der Waals surface area contributed by atoms with Crippen molar-refractivity contribution in [2.45, 2.75) is 6.43 Å². The van der Waals surface area contributed by atoms with Crippen LogP contribution in [0.1, 0.15) is 22.5 Å². The minimum Gasteiger partial charge on any atom is -0.490 e. The molecule has 1 heterocycles. The van der Waals surface area contributed by atoms with Crippen molar-refractivity contribution in [2.75, 3.05) is 7.11 Å². The molecule has 0 spiro atoms. The van der Waals surface area contributed by atoms with Gasteiger partial charge in [0.2, 0.25) is 5.75 Å². The summed E-state index contributed by atoms with van der Waals surface area (Å²) in [6.45, 7) is 0. The van der Waals surface area contributed by atoms with Gasteiger partial charge in [-0.3, -0.25) is 14.9 Å². The molecule has 0 aromatic carbocycles. The normalized spacial score (nSPS) is 10.4. The number of pyridine rings is 1. The van der Waals surface area contributed by atoms with Crippen LogP contribution in [0.25, 0.3) is 0 Å². The number of carbonyl (C=O) groups excluding carboxylic acids is 1. The lowest BCUT2D eigenvalue weighted by molar-refractivity contribution is -0.387. The highest BCUT2D eigenvalue weighted by atomic mass is 35.5. The zero-order valence-corrected chi connectivity index (χ0v) is 9.07. The molecule has 92 valence electrons. The predicted octanol–water partition coefficient (Wildman–Crippen LogP) is 2.32. The Morgan fingerprint density at radius 1 is 1.65 bits per heavy atom. The van der Waals surface area contributed by atoms with Crippen molar-refractivity contribution in [3.63, 3.8) is 0 Å². The lowest BCUT2D eigenvalue weighted by Gasteiger charge is -2.08. The summed E-state index contributed by atoms with van der Waals surface area (Å²) in [7, 11) is 1.00. The van der Waals surface area contributed by atoms with E-state index in [4.69, 9.17) is 11.6 Å². The molecule has 0 aliphatic heterocycles. The van der Waals surface area contributed by atoms with Crippen LogP contribution in [-0.2, 0) is 0 Å². The van der Waals surface area contributed by atoms with Crippen molar-refractivity contribution < 1.29 is 23.2 Å². The van der Waals surface area contributed by atoms with Crippen molar-refractivity contribution in [1.82, 2.24) is 4.98 Å². The molecule has 17 heavy (non-hydrogen) atoms. The van der Waals surface area contributed by atoms with E-state index in [0.717, 1.165) is 7.11 Å². The third-order valence-electron chi connectivity index (χ3n) is 1.84. The molecule has 0 bridgehead atoms. The zero-order valence-electron chi connectivity index (χ0n) is 8.32. The summed E-state index contributed by atoms with van der Waals surface area (Å²) in [5, 5.41) is 9.59. The molecular formula is C8H5ClF2N2O4. The van der Waals surface area contributed by atoms with E-state index in [1.54, 1.807) is 0 Å². The Bertz CT molecular complexity index is 481. The molecule has 0 saturated heterocycles. The first-order valence-corrected chi connectivity index (χ1v) is 4.47. The van der Waals surface area contributed by atoms with Gasteiger partial charge in [-0.25, -0.2) is 13.8 Å². The van der Waals surface area contributed by atoms with Gasteiger partial charge in [-0.2, -0.15) is 0 Å². The van der Waals surface area contributed by atoms with Crippen LogP contribution in [0.5, 0.6) is 5.75 Å². The van der Waals surface area contributed by atoms with E-state index in [1.165, 1.54) is 0 Å². The lowest BCUT2D eigenvalue weighted by Crippen LogP contribution is -2.06. The SMILES string of the molecule is COc1c(C(=O)Cl)cnc(C(F)F)c1[N+](=O)[O-]. The van der Waals surface area contributed by atoms with Gasteiger partial charge in [0.05, 0.1) is 12.0 Å². The van der Waals surface area contributed by atoms with E-state index in [-0.39, 0.29) is 0 Å². The maximum absolute atomic E-state index is 12.5. The first kappa shape index (κ1) is 13.2. The van der Waals surface area contributed by atoms with Crippen LogP contribution in [0.4, 0.5) is 14.5 Å². The topological polar surface area (TPSA) is 82.3 Å². The first-order valence-electron chi connectivity index (χ1n) is 4.09. The van der Waals surface area contributed by atoms with Crippen molar-refractivity contribution in [3.8, 4) is 5.75 Å². The fourth-order valence-corrected chi connectivity index (χ4v) is 1.32. The fourth-order valence-electron chi connectivity index (χ4n) is 1.18. The Balaban J connectivity index is 3.61. The molecule has 0 radical (unpaired) electrons. The maximum atomic E-state index is 12.5. The first-order chi connectivity index (χ1) is 7.90. The van der Waals surface area contributed by atoms with Gasteiger partial charge in [-0.1, -0.05) is 0 Å². The minimum atomic E-state index is -3.16. The molecular weight excluding hydrogens is 262 g/mol.